The van der Waals surface area contributed by atoms with Crippen LogP contribution in [0, 0.1) is 0 Å². The molecule has 2 saturated heterocycles. The molecular formula is C19H30N4O3. The first-order chi connectivity index (χ1) is 12.8. The zero-order chi connectivity index (χ0) is 18.0. The topological polar surface area (TPSA) is 75.7 Å². The van der Waals surface area contributed by atoms with Crippen molar-refractivity contribution in [1.29, 1.82) is 0 Å². The summed E-state index contributed by atoms with van der Waals surface area (Å²) in [7, 11) is 0. The molecule has 1 unspecified atom stereocenters. The third-order valence-electron chi connectivity index (χ3n) is 4.76. The maximum Gasteiger partial charge on any atom is 0.319 e. The van der Waals surface area contributed by atoms with Crippen LogP contribution in [0.15, 0.2) is 18.3 Å². The van der Waals surface area contributed by atoms with Crippen LogP contribution in [-0.2, 0) is 9.47 Å². The minimum Gasteiger partial charge on any atom is -0.379 e. The van der Waals surface area contributed by atoms with Gasteiger partial charge in [0.25, 0.3) is 0 Å². The Morgan fingerprint density at radius 1 is 1.27 bits per heavy atom. The molecule has 0 aliphatic carbocycles. The molecule has 1 atom stereocenters. The fraction of sp³-hybridized carbons (Fsp3) is 0.684. The highest BCUT2D eigenvalue weighted by molar-refractivity contribution is 5.89. The Morgan fingerprint density at radius 3 is 2.88 bits per heavy atom. The number of nitrogens with zero attached hydrogens (tertiary/aromatic N) is 2. The molecule has 0 saturated carbocycles. The van der Waals surface area contributed by atoms with Gasteiger partial charge < -0.3 is 25.0 Å². The summed E-state index contributed by atoms with van der Waals surface area (Å²) in [5.41, 5.74) is 0.706. The van der Waals surface area contributed by atoms with E-state index in [0.717, 1.165) is 44.8 Å². The number of piperidine rings is 1. The molecule has 144 valence electrons. The largest absolute Gasteiger partial charge is 0.379 e. The van der Waals surface area contributed by atoms with Crippen molar-refractivity contribution in [2.24, 2.45) is 0 Å². The van der Waals surface area contributed by atoms with Crippen molar-refractivity contribution in [3.8, 4) is 0 Å². The number of nitrogens with one attached hydrogen (secondary N) is 2. The summed E-state index contributed by atoms with van der Waals surface area (Å²) in [6.45, 7) is 4.85. The van der Waals surface area contributed by atoms with Gasteiger partial charge in [0.05, 0.1) is 24.6 Å². The molecule has 7 nitrogen and oxygen atoms in total. The van der Waals surface area contributed by atoms with E-state index in [1.807, 2.05) is 12.1 Å². The van der Waals surface area contributed by atoms with Crippen molar-refractivity contribution >= 4 is 17.5 Å². The highest BCUT2D eigenvalue weighted by atomic mass is 16.5. The Bertz CT molecular complexity index is 540. The zero-order valence-electron chi connectivity index (χ0n) is 15.4. The lowest BCUT2D eigenvalue weighted by Gasteiger charge is -2.27. The van der Waals surface area contributed by atoms with E-state index in [2.05, 4.69) is 20.5 Å². The molecule has 3 heterocycles. The third kappa shape index (κ3) is 6.14. The van der Waals surface area contributed by atoms with Gasteiger partial charge in [-0.3, -0.25) is 0 Å². The first-order valence-corrected chi connectivity index (χ1v) is 9.76. The number of carbonyl (C=O) groups is 1. The summed E-state index contributed by atoms with van der Waals surface area (Å²) in [5.74, 6) is 0.985. The van der Waals surface area contributed by atoms with Crippen molar-refractivity contribution in [2.45, 2.75) is 44.6 Å². The second kappa shape index (κ2) is 10.3. The first-order valence-electron chi connectivity index (χ1n) is 9.76. The molecule has 2 aliphatic heterocycles. The van der Waals surface area contributed by atoms with Crippen LogP contribution in [0.4, 0.5) is 16.3 Å². The van der Waals surface area contributed by atoms with Crippen molar-refractivity contribution in [2.75, 3.05) is 49.7 Å². The van der Waals surface area contributed by atoms with Gasteiger partial charge in [-0.15, -0.1) is 0 Å². The summed E-state index contributed by atoms with van der Waals surface area (Å²) in [6, 6.07) is 3.66. The number of carbonyl (C=O) groups excluding carboxylic acids is 1. The predicted octanol–water partition coefficient (Wildman–Crippen LogP) is 2.78. The fourth-order valence-electron chi connectivity index (χ4n) is 3.31. The lowest BCUT2D eigenvalue weighted by Crippen LogP contribution is -2.31. The quantitative estimate of drug-likeness (QED) is 0.696. The molecule has 26 heavy (non-hydrogen) atoms. The van der Waals surface area contributed by atoms with Crippen LogP contribution < -0.4 is 15.5 Å². The maximum atomic E-state index is 11.9. The van der Waals surface area contributed by atoms with Crippen molar-refractivity contribution in [1.82, 2.24) is 10.3 Å². The molecule has 0 bridgehead atoms. The highest BCUT2D eigenvalue weighted by Crippen LogP contribution is 2.18. The van der Waals surface area contributed by atoms with E-state index in [0.29, 0.717) is 25.4 Å². The second-order valence-electron chi connectivity index (χ2n) is 6.90. The molecule has 1 aromatic heterocycles. The summed E-state index contributed by atoms with van der Waals surface area (Å²) in [5, 5.41) is 5.65. The zero-order valence-corrected chi connectivity index (χ0v) is 15.4. The number of ether oxygens (including phenoxy) is 2. The molecule has 0 aromatic carbocycles. The van der Waals surface area contributed by atoms with Gasteiger partial charge in [0.1, 0.15) is 5.82 Å². The van der Waals surface area contributed by atoms with E-state index < -0.39 is 0 Å². The molecule has 1 aromatic rings. The van der Waals surface area contributed by atoms with Gasteiger partial charge in [-0.1, -0.05) is 0 Å². The second-order valence-corrected chi connectivity index (χ2v) is 6.90. The average molecular weight is 362 g/mol. The monoisotopic (exact) mass is 362 g/mol. The predicted molar refractivity (Wildman–Crippen MR) is 102 cm³/mol. The molecule has 2 aliphatic rings. The summed E-state index contributed by atoms with van der Waals surface area (Å²) >= 11 is 0. The van der Waals surface area contributed by atoms with Gasteiger partial charge in [0.15, 0.2) is 0 Å². The molecule has 0 radical (unpaired) electrons. The van der Waals surface area contributed by atoms with Crippen LogP contribution in [0.25, 0.3) is 0 Å². The molecule has 2 amide bonds. The molecule has 3 rings (SSSR count). The van der Waals surface area contributed by atoms with Crippen molar-refractivity contribution in [3.05, 3.63) is 18.3 Å². The first kappa shape index (κ1) is 18.9. The molecule has 0 spiro atoms. The van der Waals surface area contributed by atoms with E-state index in [9.17, 15) is 4.79 Å². The van der Waals surface area contributed by atoms with Gasteiger partial charge in [-0.25, -0.2) is 9.78 Å². The number of hydrogen-bond acceptors (Lipinski definition) is 5. The summed E-state index contributed by atoms with van der Waals surface area (Å²) < 4.78 is 11.1. The number of aromatic nitrogens is 1. The van der Waals surface area contributed by atoms with Gasteiger partial charge in [0, 0.05) is 32.8 Å². The average Bonchev–Trinajstić information content (AvgIpc) is 3.19. The minimum atomic E-state index is -0.211. The highest BCUT2D eigenvalue weighted by Gasteiger charge is 2.15. The van der Waals surface area contributed by atoms with E-state index in [-0.39, 0.29) is 12.1 Å². The summed E-state index contributed by atoms with van der Waals surface area (Å²) in [6.07, 6.45) is 8.72. The Morgan fingerprint density at radius 2 is 2.15 bits per heavy atom. The van der Waals surface area contributed by atoms with E-state index in [1.165, 1.54) is 19.3 Å². The molecular weight excluding hydrogens is 332 g/mol. The standard InChI is InChI=1S/C19H30N4O3/c24-19(20-9-5-12-25-15-17-6-4-13-26-17)22-16-7-8-18(21-14-16)23-10-2-1-3-11-23/h7-8,14,17H,1-6,9-13,15H2,(H2,20,22,24). The number of urea groups is 1. The smallest absolute Gasteiger partial charge is 0.319 e. The Kier molecular flexibility index (Phi) is 7.51. The van der Waals surface area contributed by atoms with Gasteiger partial charge in [-0.05, 0) is 50.7 Å². The molecule has 2 N–H and O–H groups in total. The van der Waals surface area contributed by atoms with Crippen molar-refractivity contribution < 1.29 is 14.3 Å². The van der Waals surface area contributed by atoms with Gasteiger partial charge in [-0.2, -0.15) is 0 Å². The van der Waals surface area contributed by atoms with Gasteiger partial charge in [0.2, 0.25) is 0 Å². The van der Waals surface area contributed by atoms with Crippen LogP contribution in [-0.4, -0.2) is 56.6 Å². The van der Waals surface area contributed by atoms with Gasteiger partial charge >= 0.3 is 6.03 Å². The van der Waals surface area contributed by atoms with Crippen LogP contribution >= 0.6 is 0 Å². The van der Waals surface area contributed by atoms with Crippen molar-refractivity contribution in [3.63, 3.8) is 0 Å². The number of pyridine rings is 1. The summed E-state index contributed by atoms with van der Waals surface area (Å²) in [4.78, 5) is 18.7. The fourth-order valence-corrected chi connectivity index (χ4v) is 3.31. The Balaban J connectivity index is 1.28. The number of hydrogen-bond donors (Lipinski definition) is 2. The van der Waals surface area contributed by atoms with Crippen LogP contribution in [0.2, 0.25) is 0 Å². The third-order valence-corrected chi connectivity index (χ3v) is 4.76. The number of amides is 2. The van der Waals surface area contributed by atoms with E-state index >= 15 is 0 Å². The minimum absolute atomic E-state index is 0.211. The van der Waals surface area contributed by atoms with Crippen LogP contribution in [0.5, 0.6) is 0 Å². The van der Waals surface area contributed by atoms with Crippen LogP contribution in [0.3, 0.4) is 0 Å². The number of anilines is 2. The van der Waals surface area contributed by atoms with E-state index in [4.69, 9.17) is 9.47 Å². The SMILES string of the molecule is O=C(NCCCOCC1CCCO1)Nc1ccc(N2CCCCC2)nc1. The lowest BCUT2D eigenvalue weighted by molar-refractivity contribution is 0.0168. The molecule has 7 heteroatoms. The number of rotatable bonds is 8. The normalized spacial score (nSPS) is 20.2. The van der Waals surface area contributed by atoms with Crippen LogP contribution in [0.1, 0.15) is 38.5 Å². The molecule has 2 fully saturated rings. The maximum absolute atomic E-state index is 11.9. The lowest BCUT2D eigenvalue weighted by atomic mass is 10.1. The Labute approximate surface area is 155 Å². The van der Waals surface area contributed by atoms with E-state index in [1.54, 1.807) is 6.20 Å². The Hall–Kier alpha value is -1.86.